The quantitative estimate of drug-likeness (QED) is 0.663. The predicted octanol–water partition coefficient (Wildman–Crippen LogP) is 5.02. The fraction of sp³-hybridized carbons (Fsp3) is 0.278. The molecule has 0 radical (unpaired) electrons. The number of benzene rings is 2. The van der Waals surface area contributed by atoms with Crippen molar-refractivity contribution in [3.05, 3.63) is 64.2 Å². The van der Waals surface area contributed by atoms with Crippen LogP contribution in [0.5, 0.6) is 0 Å². The maximum atomic E-state index is 13.3. The highest BCUT2D eigenvalue weighted by Gasteiger charge is 2.14. The summed E-state index contributed by atoms with van der Waals surface area (Å²) >= 11 is 5.88. The lowest BCUT2D eigenvalue weighted by Crippen LogP contribution is -2.05. The smallest absolute Gasteiger partial charge is 0.141 e. The number of aryl methyl sites for hydroxylation is 2. The minimum absolute atomic E-state index is 0.171. The highest BCUT2D eigenvalue weighted by atomic mass is 35.5. The molecule has 0 aliphatic rings. The summed E-state index contributed by atoms with van der Waals surface area (Å²) in [6.45, 7) is 4.17. The van der Waals surface area contributed by atoms with Crippen LogP contribution in [0.25, 0.3) is 11.0 Å². The van der Waals surface area contributed by atoms with Gasteiger partial charge in [-0.1, -0.05) is 30.7 Å². The standard InChI is InChI=1S/C18H18ClFN2/c1-11-4-7-17-16(8-11)21-18(22(17)3)9-12(2)13-5-6-15(20)14(19)10-13/h4-8,10,12H,9H2,1-3H3. The number of nitrogens with zero attached hydrogens (tertiary/aromatic N) is 2. The molecule has 0 saturated heterocycles. The zero-order valence-corrected chi connectivity index (χ0v) is 13.7. The second-order valence-electron chi connectivity index (χ2n) is 5.86. The Bertz CT molecular complexity index is 838. The van der Waals surface area contributed by atoms with Crippen LogP contribution in [0.2, 0.25) is 5.02 Å². The summed E-state index contributed by atoms with van der Waals surface area (Å²) in [4.78, 5) is 4.73. The molecule has 22 heavy (non-hydrogen) atoms. The van der Waals surface area contributed by atoms with E-state index < -0.39 is 0 Å². The molecule has 4 heteroatoms. The maximum absolute atomic E-state index is 13.3. The van der Waals surface area contributed by atoms with Crippen LogP contribution >= 0.6 is 11.6 Å². The first kappa shape index (κ1) is 15.0. The molecule has 1 unspecified atom stereocenters. The minimum Gasteiger partial charge on any atom is -0.331 e. The molecule has 114 valence electrons. The molecule has 0 spiro atoms. The van der Waals surface area contributed by atoms with Gasteiger partial charge in [0.1, 0.15) is 11.6 Å². The molecule has 0 N–H and O–H groups in total. The van der Waals surface area contributed by atoms with Crippen molar-refractivity contribution in [1.82, 2.24) is 9.55 Å². The summed E-state index contributed by atoms with van der Waals surface area (Å²) in [7, 11) is 2.03. The Kier molecular flexibility index (Phi) is 3.92. The fourth-order valence-electron chi connectivity index (χ4n) is 2.75. The summed E-state index contributed by atoms with van der Waals surface area (Å²) in [5.41, 5.74) is 4.37. The number of hydrogen-bond donors (Lipinski definition) is 0. The van der Waals surface area contributed by atoms with Gasteiger partial charge in [0.05, 0.1) is 16.1 Å². The van der Waals surface area contributed by atoms with Gasteiger partial charge < -0.3 is 4.57 Å². The number of fused-ring (bicyclic) bond motifs is 1. The molecule has 0 aliphatic heterocycles. The van der Waals surface area contributed by atoms with E-state index in [4.69, 9.17) is 16.6 Å². The third-order valence-electron chi connectivity index (χ3n) is 4.13. The summed E-state index contributed by atoms with van der Waals surface area (Å²) in [5, 5.41) is 0.171. The highest BCUT2D eigenvalue weighted by Crippen LogP contribution is 2.26. The van der Waals surface area contributed by atoms with Crippen molar-refractivity contribution in [3.8, 4) is 0 Å². The molecule has 1 atom stereocenters. The molecule has 0 saturated carbocycles. The molecule has 0 amide bonds. The van der Waals surface area contributed by atoms with Crippen LogP contribution in [0.15, 0.2) is 36.4 Å². The van der Waals surface area contributed by atoms with Crippen molar-refractivity contribution in [2.24, 2.45) is 7.05 Å². The van der Waals surface area contributed by atoms with Crippen LogP contribution in [0.1, 0.15) is 29.8 Å². The zero-order chi connectivity index (χ0) is 15.9. The Morgan fingerprint density at radius 1 is 1.23 bits per heavy atom. The Morgan fingerprint density at radius 2 is 2.00 bits per heavy atom. The number of imidazole rings is 1. The first-order chi connectivity index (χ1) is 10.5. The molecular weight excluding hydrogens is 299 g/mol. The number of halogens is 2. The van der Waals surface area contributed by atoms with E-state index in [9.17, 15) is 4.39 Å². The molecule has 0 fully saturated rings. The van der Waals surface area contributed by atoms with E-state index in [-0.39, 0.29) is 16.8 Å². The van der Waals surface area contributed by atoms with E-state index in [2.05, 4.69) is 36.6 Å². The van der Waals surface area contributed by atoms with Crippen molar-refractivity contribution in [2.75, 3.05) is 0 Å². The monoisotopic (exact) mass is 316 g/mol. The first-order valence-electron chi connectivity index (χ1n) is 7.32. The van der Waals surface area contributed by atoms with Gasteiger partial charge >= 0.3 is 0 Å². The van der Waals surface area contributed by atoms with Crippen molar-refractivity contribution < 1.29 is 4.39 Å². The van der Waals surface area contributed by atoms with E-state index in [0.29, 0.717) is 0 Å². The van der Waals surface area contributed by atoms with Crippen LogP contribution in [-0.2, 0) is 13.5 Å². The maximum Gasteiger partial charge on any atom is 0.141 e. The SMILES string of the molecule is Cc1ccc2c(c1)nc(CC(C)c1ccc(F)c(Cl)c1)n2C. The van der Waals surface area contributed by atoms with Crippen molar-refractivity contribution in [2.45, 2.75) is 26.2 Å². The van der Waals surface area contributed by atoms with Crippen molar-refractivity contribution >= 4 is 22.6 Å². The van der Waals surface area contributed by atoms with Crippen LogP contribution in [0, 0.1) is 12.7 Å². The average Bonchev–Trinajstić information content (AvgIpc) is 2.77. The molecule has 2 nitrogen and oxygen atoms in total. The Morgan fingerprint density at radius 3 is 2.73 bits per heavy atom. The molecule has 1 aromatic heterocycles. The second kappa shape index (κ2) is 5.73. The van der Waals surface area contributed by atoms with Crippen LogP contribution in [0.4, 0.5) is 4.39 Å². The lowest BCUT2D eigenvalue weighted by molar-refractivity contribution is 0.624. The van der Waals surface area contributed by atoms with Crippen LogP contribution in [0.3, 0.4) is 0 Å². The number of hydrogen-bond acceptors (Lipinski definition) is 1. The molecule has 1 heterocycles. The minimum atomic E-state index is -0.379. The summed E-state index contributed by atoms with van der Waals surface area (Å²) in [5.74, 6) is 0.860. The van der Waals surface area contributed by atoms with E-state index >= 15 is 0 Å². The molecule has 0 aliphatic carbocycles. The number of rotatable bonds is 3. The topological polar surface area (TPSA) is 17.8 Å². The van der Waals surface area contributed by atoms with Gasteiger partial charge in [-0.2, -0.15) is 0 Å². The van der Waals surface area contributed by atoms with E-state index in [1.54, 1.807) is 12.1 Å². The van der Waals surface area contributed by atoms with E-state index in [1.165, 1.54) is 11.6 Å². The van der Waals surface area contributed by atoms with Gasteiger partial charge in [-0.3, -0.25) is 0 Å². The van der Waals surface area contributed by atoms with Crippen molar-refractivity contribution in [1.29, 1.82) is 0 Å². The summed E-state index contributed by atoms with van der Waals surface area (Å²) in [6, 6.07) is 11.2. The van der Waals surface area contributed by atoms with Gasteiger partial charge in [0.15, 0.2) is 0 Å². The lowest BCUT2D eigenvalue weighted by atomic mass is 9.97. The van der Waals surface area contributed by atoms with Gasteiger partial charge in [0.25, 0.3) is 0 Å². The van der Waals surface area contributed by atoms with E-state index in [1.807, 2.05) is 7.05 Å². The Labute approximate surface area is 134 Å². The van der Waals surface area contributed by atoms with Crippen LogP contribution in [-0.4, -0.2) is 9.55 Å². The van der Waals surface area contributed by atoms with Gasteiger partial charge in [-0.05, 0) is 48.2 Å². The average molecular weight is 317 g/mol. The summed E-state index contributed by atoms with van der Waals surface area (Å²) in [6.07, 6.45) is 0.784. The molecule has 3 rings (SSSR count). The first-order valence-corrected chi connectivity index (χ1v) is 7.70. The molecule has 3 aromatic rings. The molecular formula is C18H18ClFN2. The lowest BCUT2D eigenvalue weighted by Gasteiger charge is -2.12. The van der Waals surface area contributed by atoms with Crippen LogP contribution < -0.4 is 0 Å². The summed E-state index contributed by atoms with van der Waals surface area (Å²) < 4.78 is 15.4. The Hall–Kier alpha value is -1.87. The van der Waals surface area contributed by atoms with Crippen molar-refractivity contribution in [3.63, 3.8) is 0 Å². The van der Waals surface area contributed by atoms with E-state index in [0.717, 1.165) is 28.8 Å². The highest BCUT2D eigenvalue weighted by molar-refractivity contribution is 6.30. The second-order valence-corrected chi connectivity index (χ2v) is 6.27. The number of aromatic nitrogens is 2. The third kappa shape index (κ3) is 2.73. The van der Waals surface area contributed by atoms with Gasteiger partial charge in [-0.25, -0.2) is 9.37 Å². The molecule has 0 bridgehead atoms. The predicted molar refractivity (Wildman–Crippen MR) is 89.0 cm³/mol. The van der Waals surface area contributed by atoms with Gasteiger partial charge in [0, 0.05) is 13.5 Å². The van der Waals surface area contributed by atoms with Gasteiger partial charge in [0.2, 0.25) is 0 Å². The normalized spacial score (nSPS) is 12.8. The fourth-order valence-corrected chi connectivity index (χ4v) is 2.94. The Balaban J connectivity index is 1.91. The van der Waals surface area contributed by atoms with Gasteiger partial charge in [-0.15, -0.1) is 0 Å². The molecule has 2 aromatic carbocycles. The zero-order valence-electron chi connectivity index (χ0n) is 12.9. The largest absolute Gasteiger partial charge is 0.331 e. The third-order valence-corrected chi connectivity index (χ3v) is 4.42.